The number of carbonyl (C=O) groups excluding carboxylic acids is 2. The molecule has 3 heterocycles. The number of likely N-dealkylation sites (tertiary alicyclic amines) is 1. The van der Waals surface area contributed by atoms with Crippen molar-refractivity contribution in [3.8, 4) is 0 Å². The zero-order chi connectivity index (χ0) is 18.5. The molecule has 1 unspecified atom stereocenters. The van der Waals surface area contributed by atoms with Gasteiger partial charge in [-0.1, -0.05) is 6.07 Å². The van der Waals surface area contributed by atoms with Gasteiger partial charge in [-0.3, -0.25) is 14.5 Å². The molecule has 1 aliphatic rings. The van der Waals surface area contributed by atoms with Crippen LogP contribution in [0.3, 0.4) is 0 Å². The molecule has 6 nitrogen and oxygen atoms in total. The predicted molar refractivity (Wildman–Crippen MR) is 101 cm³/mol. The Labute approximate surface area is 157 Å². The number of likely N-dealkylation sites (N-methyl/N-ethyl adjacent to an activating group) is 1. The zero-order valence-corrected chi connectivity index (χ0v) is 16.0. The van der Waals surface area contributed by atoms with Gasteiger partial charge in [-0.25, -0.2) is 0 Å². The average molecular weight is 375 g/mol. The van der Waals surface area contributed by atoms with Gasteiger partial charge in [-0.05, 0) is 50.5 Å². The molecule has 0 aliphatic carbocycles. The van der Waals surface area contributed by atoms with Gasteiger partial charge in [0.2, 0.25) is 5.91 Å². The Balaban J connectivity index is 1.48. The molecule has 2 amide bonds. The first kappa shape index (κ1) is 18.7. The molecule has 1 saturated heterocycles. The normalized spacial score (nSPS) is 16.7. The largest absolute Gasteiger partial charge is 0.468 e. The molecule has 26 heavy (non-hydrogen) atoms. The van der Waals surface area contributed by atoms with Crippen molar-refractivity contribution in [3.63, 3.8) is 0 Å². The Morgan fingerprint density at radius 3 is 2.65 bits per heavy atom. The first-order valence-electron chi connectivity index (χ1n) is 8.86. The van der Waals surface area contributed by atoms with Gasteiger partial charge in [0, 0.05) is 25.6 Å². The average Bonchev–Trinajstić information content (AvgIpc) is 3.35. The number of nitrogens with one attached hydrogen (secondary N) is 1. The second kappa shape index (κ2) is 8.51. The van der Waals surface area contributed by atoms with Crippen LogP contribution in [0.4, 0.5) is 0 Å². The van der Waals surface area contributed by atoms with E-state index in [1.54, 1.807) is 6.26 Å². The standard InChI is InChI=1S/C19H25N3O3S/c1-21(2)15(16-5-3-11-25-16)13-20-18(23)14-7-9-22(10-8-14)19(24)17-6-4-12-26-17/h3-6,11-12,14-15H,7-10,13H2,1-2H3,(H,20,23). The van der Waals surface area contributed by atoms with Crippen molar-refractivity contribution in [1.82, 2.24) is 15.1 Å². The summed E-state index contributed by atoms with van der Waals surface area (Å²) in [6.07, 6.45) is 3.06. The lowest BCUT2D eigenvalue weighted by Gasteiger charge is -2.31. The third-order valence-corrected chi connectivity index (χ3v) is 5.71. The van der Waals surface area contributed by atoms with Gasteiger partial charge in [0.1, 0.15) is 5.76 Å². The summed E-state index contributed by atoms with van der Waals surface area (Å²) in [6, 6.07) is 7.52. The predicted octanol–water partition coefficient (Wildman–Crippen LogP) is 2.61. The fourth-order valence-electron chi connectivity index (χ4n) is 3.26. The van der Waals surface area contributed by atoms with Crippen LogP contribution in [0.2, 0.25) is 0 Å². The summed E-state index contributed by atoms with van der Waals surface area (Å²) in [4.78, 5) is 29.6. The van der Waals surface area contributed by atoms with E-state index >= 15 is 0 Å². The highest BCUT2D eigenvalue weighted by Gasteiger charge is 2.29. The van der Waals surface area contributed by atoms with Crippen molar-refractivity contribution in [2.75, 3.05) is 33.7 Å². The molecule has 1 atom stereocenters. The zero-order valence-electron chi connectivity index (χ0n) is 15.2. The molecule has 0 bridgehead atoms. The van der Waals surface area contributed by atoms with Crippen molar-refractivity contribution in [3.05, 3.63) is 46.5 Å². The molecule has 1 fully saturated rings. The Morgan fingerprint density at radius 1 is 1.31 bits per heavy atom. The third kappa shape index (κ3) is 4.34. The molecule has 1 aliphatic heterocycles. The van der Waals surface area contributed by atoms with Crippen LogP contribution in [0.15, 0.2) is 40.3 Å². The molecule has 0 aromatic carbocycles. The number of hydrogen-bond acceptors (Lipinski definition) is 5. The van der Waals surface area contributed by atoms with E-state index < -0.39 is 0 Å². The topological polar surface area (TPSA) is 65.8 Å². The van der Waals surface area contributed by atoms with E-state index in [1.807, 2.05) is 53.5 Å². The summed E-state index contributed by atoms with van der Waals surface area (Å²) in [5.74, 6) is 0.935. The van der Waals surface area contributed by atoms with E-state index in [0.29, 0.717) is 32.5 Å². The number of rotatable bonds is 6. The minimum absolute atomic E-state index is 0.00875. The SMILES string of the molecule is CN(C)C(CNC(=O)C1CCN(C(=O)c2cccs2)CC1)c1ccco1. The van der Waals surface area contributed by atoms with E-state index in [0.717, 1.165) is 10.6 Å². The van der Waals surface area contributed by atoms with Crippen LogP contribution < -0.4 is 5.32 Å². The minimum Gasteiger partial charge on any atom is -0.468 e. The van der Waals surface area contributed by atoms with Crippen molar-refractivity contribution < 1.29 is 14.0 Å². The molecular weight excluding hydrogens is 350 g/mol. The Morgan fingerprint density at radius 2 is 2.08 bits per heavy atom. The summed E-state index contributed by atoms with van der Waals surface area (Å²) in [6.45, 7) is 1.77. The number of piperidine rings is 1. The molecule has 140 valence electrons. The molecule has 3 rings (SSSR count). The second-order valence-corrected chi connectivity index (χ2v) is 7.73. The molecular formula is C19H25N3O3S. The second-order valence-electron chi connectivity index (χ2n) is 6.78. The summed E-state index contributed by atoms with van der Waals surface area (Å²) in [5, 5.41) is 4.96. The van der Waals surface area contributed by atoms with Crippen LogP contribution in [0.1, 0.15) is 34.3 Å². The Bertz CT molecular complexity index is 704. The Kier molecular flexibility index (Phi) is 6.11. The monoisotopic (exact) mass is 375 g/mol. The van der Waals surface area contributed by atoms with Crippen LogP contribution >= 0.6 is 11.3 Å². The molecule has 1 N–H and O–H groups in total. The van der Waals surface area contributed by atoms with Gasteiger partial charge in [-0.2, -0.15) is 0 Å². The smallest absolute Gasteiger partial charge is 0.263 e. The van der Waals surface area contributed by atoms with Gasteiger partial charge in [-0.15, -0.1) is 11.3 Å². The fraction of sp³-hybridized carbons (Fsp3) is 0.474. The van der Waals surface area contributed by atoms with Gasteiger partial charge >= 0.3 is 0 Å². The first-order chi connectivity index (χ1) is 12.6. The third-order valence-electron chi connectivity index (χ3n) is 4.85. The highest BCUT2D eigenvalue weighted by molar-refractivity contribution is 7.12. The number of amides is 2. The van der Waals surface area contributed by atoms with Crippen LogP contribution in [0, 0.1) is 5.92 Å². The molecule has 0 spiro atoms. The number of thiophene rings is 1. The highest BCUT2D eigenvalue weighted by Crippen LogP contribution is 2.22. The van der Waals surface area contributed by atoms with Crippen LogP contribution in [0.5, 0.6) is 0 Å². The summed E-state index contributed by atoms with van der Waals surface area (Å²) < 4.78 is 5.47. The maximum absolute atomic E-state index is 12.5. The lowest BCUT2D eigenvalue weighted by atomic mass is 9.95. The van der Waals surface area contributed by atoms with Crippen molar-refractivity contribution in [2.45, 2.75) is 18.9 Å². The number of hydrogen-bond donors (Lipinski definition) is 1. The minimum atomic E-state index is -0.0400. The Hall–Kier alpha value is -2.12. The summed E-state index contributed by atoms with van der Waals surface area (Å²) in [7, 11) is 3.93. The fourth-order valence-corrected chi connectivity index (χ4v) is 3.95. The first-order valence-corrected chi connectivity index (χ1v) is 9.74. The molecule has 0 radical (unpaired) electrons. The van der Waals surface area contributed by atoms with E-state index in [2.05, 4.69) is 5.32 Å². The lowest BCUT2D eigenvalue weighted by Crippen LogP contribution is -2.44. The van der Waals surface area contributed by atoms with Crippen molar-refractivity contribution in [2.24, 2.45) is 5.92 Å². The number of carbonyl (C=O) groups is 2. The molecule has 2 aromatic heterocycles. The van der Waals surface area contributed by atoms with E-state index in [-0.39, 0.29) is 23.8 Å². The molecule has 0 saturated carbocycles. The quantitative estimate of drug-likeness (QED) is 0.843. The van der Waals surface area contributed by atoms with E-state index in [4.69, 9.17) is 4.42 Å². The van der Waals surface area contributed by atoms with Crippen molar-refractivity contribution >= 4 is 23.2 Å². The molecule has 7 heteroatoms. The number of nitrogens with zero attached hydrogens (tertiary/aromatic N) is 2. The number of furan rings is 1. The van der Waals surface area contributed by atoms with Gasteiger partial charge in [0.05, 0.1) is 17.2 Å². The highest BCUT2D eigenvalue weighted by atomic mass is 32.1. The summed E-state index contributed by atoms with van der Waals surface area (Å²) in [5.41, 5.74) is 0. The van der Waals surface area contributed by atoms with Crippen molar-refractivity contribution in [1.29, 1.82) is 0 Å². The van der Waals surface area contributed by atoms with Crippen LogP contribution in [-0.4, -0.2) is 55.3 Å². The van der Waals surface area contributed by atoms with E-state index in [1.165, 1.54) is 11.3 Å². The van der Waals surface area contributed by atoms with Crippen LogP contribution in [-0.2, 0) is 4.79 Å². The molecule has 2 aromatic rings. The van der Waals surface area contributed by atoms with Gasteiger partial charge in [0.15, 0.2) is 0 Å². The maximum Gasteiger partial charge on any atom is 0.263 e. The maximum atomic E-state index is 12.5. The lowest BCUT2D eigenvalue weighted by molar-refractivity contribution is -0.126. The van der Waals surface area contributed by atoms with E-state index in [9.17, 15) is 9.59 Å². The van der Waals surface area contributed by atoms with Crippen LogP contribution in [0.25, 0.3) is 0 Å². The van der Waals surface area contributed by atoms with Gasteiger partial charge < -0.3 is 14.6 Å². The van der Waals surface area contributed by atoms with Gasteiger partial charge in [0.25, 0.3) is 5.91 Å². The summed E-state index contributed by atoms with van der Waals surface area (Å²) >= 11 is 1.46.